The van der Waals surface area contributed by atoms with Gasteiger partial charge in [0.05, 0.1) is 5.75 Å². The molecule has 2 rings (SSSR count). The molecule has 0 saturated carbocycles. The van der Waals surface area contributed by atoms with Gasteiger partial charge in [-0.05, 0) is 37.7 Å². The SMILES string of the molecule is CCCC[C@H](CC)CNC(=O)C1CCN(S(=O)(=O)Cc2cccc(C)c2)CC1. The maximum Gasteiger partial charge on any atom is 0.223 e. The highest BCUT2D eigenvalue weighted by Crippen LogP contribution is 2.22. The predicted molar refractivity (Wildman–Crippen MR) is 114 cm³/mol. The van der Waals surface area contributed by atoms with Gasteiger partial charge in [0.15, 0.2) is 0 Å². The molecule has 0 aliphatic carbocycles. The lowest BCUT2D eigenvalue weighted by molar-refractivity contribution is -0.126. The molecule has 1 aliphatic heterocycles. The number of carbonyl (C=O) groups excluding carboxylic acids is 1. The van der Waals surface area contributed by atoms with Gasteiger partial charge in [0.25, 0.3) is 0 Å². The van der Waals surface area contributed by atoms with Crippen LogP contribution in [0, 0.1) is 18.8 Å². The molecular formula is C22H36N2O3S. The summed E-state index contributed by atoms with van der Waals surface area (Å²) in [4.78, 5) is 12.5. The number of sulfonamides is 1. The fourth-order valence-corrected chi connectivity index (χ4v) is 5.38. The molecule has 1 N–H and O–H groups in total. The van der Waals surface area contributed by atoms with Gasteiger partial charge >= 0.3 is 0 Å². The lowest BCUT2D eigenvalue weighted by Crippen LogP contribution is -2.44. The van der Waals surface area contributed by atoms with E-state index >= 15 is 0 Å². The maximum absolute atomic E-state index is 12.7. The molecule has 5 nitrogen and oxygen atoms in total. The van der Waals surface area contributed by atoms with Crippen molar-refractivity contribution >= 4 is 15.9 Å². The van der Waals surface area contributed by atoms with Crippen molar-refractivity contribution < 1.29 is 13.2 Å². The van der Waals surface area contributed by atoms with Crippen molar-refractivity contribution in [2.45, 2.75) is 65.0 Å². The molecule has 0 radical (unpaired) electrons. The van der Waals surface area contributed by atoms with Gasteiger partial charge in [-0.2, -0.15) is 0 Å². The minimum absolute atomic E-state index is 0.0289. The molecule has 1 atom stereocenters. The number of piperidine rings is 1. The van der Waals surface area contributed by atoms with E-state index in [-0.39, 0.29) is 17.6 Å². The van der Waals surface area contributed by atoms with Gasteiger partial charge in [0.2, 0.25) is 15.9 Å². The smallest absolute Gasteiger partial charge is 0.223 e. The van der Waals surface area contributed by atoms with Crippen molar-refractivity contribution in [3.05, 3.63) is 35.4 Å². The van der Waals surface area contributed by atoms with Crippen LogP contribution >= 0.6 is 0 Å². The highest BCUT2D eigenvalue weighted by molar-refractivity contribution is 7.88. The third kappa shape index (κ3) is 6.89. The number of hydrogen-bond acceptors (Lipinski definition) is 3. The number of hydrogen-bond donors (Lipinski definition) is 1. The molecule has 1 saturated heterocycles. The first-order valence-corrected chi connectivity index (χ1v) is 12.3. The van der Waals surface area contributed by atoms with E-state index < -0.39 is 10.0 Å². The summed E-state index contributed by atoms with van der Waals surface area (Å²) in [6.45, 7) is 7.92. The Morgan fingerprint density at radius 1 is 1.25 bits per heavy atom. The normalized spacial score (nSPS) is 17.4. The molecule has 1 aromatic carbocycles. The van der Waals surface area contributed by atoms with E-state index in [0.717, 1.165) is 30.5 Å². The summed E-state index contributed by atoms with van der Waals surface area (Å²) in [6, 6.07) is 7.63. The number of nitrogens with zero attached hydrogens (tertiary/aromatic N) is 1. The predicted octanol–water partition coefficient (Wildman–Crippen LogP) is 3.87. The molecule has 1 fully saturated rings. The second-order valence-electron chi connectivity index (χ2n) is 8.08. The van der Waals surface area contributed by atoms with E-state index in [9.17, 15) is 13.2 Å². The Labute approximate surface area is 170 Å². The molecule has 0 spiro atoms. The summed E-state index contributed by atoms with van der Waals surface area (Å²) in [7, 11) is -3.34. The Bertz CT molecular complexity index is 725. The van der Waals surface area contributed by atoms with Gasteiger partial charge in [0, 0.05) is 25.6 Å². The number of rotatable bonds is 10. The Kier molecular flexibility index (Phi) is 8.96. The lowest BCUT2D eigenvalue weighted by Gasteiger charge is -2.31. The molecule has 1 aliphatic rings. The standard InChI is InChI=1S/C22H36N2O3S/c1-4-6-9-19(5-2)16-23-22(25)21-11-13-24(14-12-21)28(26,27)17-20-10-7-8-18(3)15-20/h7-8,10,15,19,21H,4-6,9,11-14,16-17H2,1-3H3,(H,23,25)/t19-/m0/s1. The number of carbonyl (C=O) groups is 1. The van der Waals surface area contributed by atoms with Crippen molar-refractivity contribution in [1.82, 2.24) is 9.62 Å². The second-order valence-corrected chi connectivity index (χ2v) is 10.0. The van der Waals surface area contributed by atoms with Crippen molar-refractivity contribution in [2.75, 3.05) is 19.6 Å². The monoisotopic (exact) mass is 408 g/mol. The zero-order valence-corrected chi connectivity index (χ0v) is 18.4. The van der Waals surface area contributed by atoms with Gasteiger partial charge in [-0.15, -0.1) is 0 Å². The first-order valence-electron chi connectivity index (χ1n) is 10.7. The van der Waals surface area contributed by atoms with Gasteiger partial charge in [-0.25, -0.2) is 12.7 Å². The topological polar surface area (TPSA) is 66.5 Å². The summed E-state index contributed by atoms with van der Waals surface area (Å²) in [5, 5.41) is 3.11. The van der Waals surface area contributed by atoms with E-state index in [1.807, 2.05) is 31.2 Å². The number of amides is 1. The van der Waals surface area contributed by atoms with Crippen LogP contribution in [0.3, 0.4) is 0 Å². The minimum atomic E-state index is -3.34. The third-order valence-electron chi connectivity index (χ3n) is 5.76. The van der Waals surface area contributed by atoms with E-state index in [4.69, 9.17) is 0 Å². The van der Waals surface area contributed by atoms with Crippen LogP contribution in [-0.4, -0.2) is 38.3 Å². The van der Waals surface area contributed by atoms with Crippen LogP contribution in [0.2, 0.25) is 0 Å². The average molecular weight is 409 g/mol. The molecule has 1 amide bonds. The van der Waals surface area contributed by atoms with Crippen LogP contribution in [0.5, 0.6) is 0 Å². The largest absolute Gasteiger partial charge is 0.356 e. The van der Waals surface area contributed by atoms with Crippen LogP contribution in [0.1, 0.15) is 63.5 Å². The Morgan fingerprint density at radius 3 is 2.57 bits per heavy atom. The van der Waals surface area contributed by atoms with E-state index in [2.05, 4.69) is 19.2 Å². The molecule has 1 heterocycles. The summed E-state index contributed by atoms with van der Waals surface area (Å²) in [5.41, 5.74) is 1.88. The third-order valence-corrected chi connectivity index (χ3v) is 7.61. The molecule has 0 bridgehead atoms. The van der Waals surface area contributed by atoms with Crippen molar-refractivity contribution in [3.63, 3.8) is 0 Å². The zero-order chi connectivity index (χ0) is 20.6. The quantitative estimate of drug-likeness (QED) is 0.639. The van der Waals surface area contributed by atoms with Crippen LogP contribution in [0.4, 0.5) is 0 Å². The van der Waals surface area contributed by atoms with Crippen molar-refractivity contribution in [1.29, 1.82) is 0 Å². The highest BCUT2D eigenvalue weighted by atomic mass is 32.2. The number of unbranched alkanes of at least 4 members (excludes halogenated alkanes) is 1. The molecule has 0 aromatic heterocycles. The zero-order valence-electron chi connectivity index (χ0n) is 17.6. The van der Waals surface area contributed by atoms with E-state index in [0.29, 0.717) is 31.8 Å². The fraction of sp³-hybridized carbons (Fsp3) is 0.682. The summed E-state index contributed by atoms with van der Waals surface area (Å²) in [6.07, 6.45) is 5.82. The van der Waals surface area contributed by atoms with Crippen LogP contribution in [0.15, 0.2) is 24.3 Å². The first-order chi connectivity index (χ1) is 13.4. The summed E-state index contributed by atoms with van der Waals surface area (Å²) < 4.78 is 27.0. The molecule has 1 aromatic rings. The fourth-order valence-electron chi connectivity index (χ4n) is 3.83. The Balaban J connectivity index is 1.81. The lowest BCUT2D eigenvalue weighted by atomic mass is 9.95. The van der Waals surface area contributed by atoms with E-state index in [1.54, 1.807) is 4.31 Å². The number of aryl methyl sites for hydroxylation is 1. The van der Waals surface area contributed by atoms with Gasteiger partial charge in [0.1, 0.15) is 0 Å². The maximum atomic E-state index is 12.7. The molecule has 0 unspecified atom stereocenters. The summed E-state index contributed by atoms with van der Waals surface area (Å²) in [5.74, 6) is 0.583. The van der Waals surface area contributed by atoms with Crippen molar-refractivity contribution in [2.24, 2.45) is 11.8 Å². The van der Waals surface area contributed by atoms with Crippen LogP contribution < -0.4 is 5.32 Å². The highest BCUT2D eigenvalue weighted by Gasteiger charge is 2.31. The van der Waals surface area contributed by atoms with Gasteiger partial charge < -0.3 is 5.32 Å². The van der Waals surface area contributed by atoms with Crippen molar-refractivity contribution in [3.8, 4) is 0 Å². The first kappa shape index (κ1) is 22.9. The number of benzene rings is 1. The average Bonchev–Trinajstić information content (AvgIpc) is 2.67. The molecule has 158 valence electrons. The van der Waals surface area contributed by atoms with E-state index in [1.165, 1.54) is 12.8 Å². The van der Waals surface area contributed by atoms with Crippen LogP contribution in [-0.2, 0) is 20.6 Å². The number of nitrogens with one attached hydrogen (secondary N) is 1. The molecule has 28 heavy (non-hydrogen) atoms. The van der Waals surface area contributed by atoms with Gasteiger partial charge in [-0.3, -0.25) is 4.79 Å². The summed E-state index contributed by atoms with van der Waals surface area (Å²) >= 11 is 0. The Morgan fingerprint density at radius 2 is 1.96 bits per heavy atom. The molecule has 6 heteroatoms. The van der Waals surface area contributed by atoms with Gasteiger partial charge in [-0.1, -0.05) is 62.9 Å². The van der Waals surface area contributed by atoms with Crippen LogP contribution in [0.25, 0.3) is 0 Å². The second kappa shape index (κ2) is 11.0. The minimum Gasteiger partial charge on any atom is -0.356 e. The molecular weight excluding hydrogens is 372 g/mol. The Hall–Kier alpha value is -1.40.